The highest BCUT2D eigenvalue weighted by atomic mass is 19.1. The van der Waals surface area contributed by atoms with E-state index in [0.717, 1.165) is 37.2 Å². The summed E-state index contributed by atoms with van der Waals surface area (Å²) < 4.78 is 15.0. The quantitative estimate of drug-likeness (QED) is 0.938. The van der Waals surface area contributed by atoms with E-state index in [1.54, 1.807) is 18.3 Å². The topological polar surface area (TPSA) is 64.2 Å². The standard InChI is InChI=1S/C17H21FN4O/c1-21-15(8-9-20-21)13-3-2-10-22(11-13)16(17(19)23)12-4-6-14(18)7-5-12/h4-9,13,16H,2-3,10-11H2,1H3,(H2,19,23). The molecular formula is C17H21FN4O. The molecule has 2 heterocycles. The zero-order chi connectivity index (χ0) is 16.4. The molecule has 1 amide bonds. The third-order valence-electron chi connectivity index (χ3n) is 4.55. The Labute approximate surface area is 134 Å². The van der Waals surface area contributed by atoms with E-state index in [0.29, 0.717) is 5.92 Å². The normalized spacial score (nSPS) is 20.3. The number of piperidine rings is 1. The Morgan fingerprint density at radius 3 is 2.70 bits per heavy atom. The van der Waals surface area contributed by atoms with E-state index in [9.17, 15) is 9.18 Å². The van der Waals surface area contributed by atoms with Crippen LogP contribution in [-0.4, -0.2) is 33.7 Å². The van der Waals surface area contributed by atoms with Crippen molar-refractivity contribution in [1.29, 1.82) is 0 Å². The number of carbonyl (C=O) groups is 1. The second kappa shape index (κ2) is 6.50. The van der Waals surface area contributed by atoms with Gasteiger partial charge in [-0.2, -0.15) is 5.10 Å². The van der Waals surface area contributed by atoms with E-state index in [2.05, 4.69) is 10.00 Å². The molecule has 1 aliphatic heterocycles. The Morgan fingerprint density at radius 2 is 2.09 bits per heavy atom. The molecule has 1 aromatic heterocycles. The number of benzene rings is 1. The summed E-state index contributed by atoms with van der Waals surface area (Å²) in [7, 11) is 1.93. The first-order chi connectivity index (χ1) is 11.1. The lowest BCUT2D eigenvalue weighted by Gasteiger charge is -2.37. The molecule has 1 saturated heterocycles. The monoisotopic (exact) mass is 316 g/mol. The first-order valence-corrected chi connectivity index (χ1v) is 7.83. The molecule has 2 aromatic rings. The average molecular weight is 316 g/mol. The molecule has 6 heteroatoms. The largest absolute Gasteiger partial charge is 0.368 e. The summed E-state index contributed by atoms with van der Waals surface area (Å²) in [5, 5.41) is 4.23. The molecule has 0 saturated carbocycles. The second-order valence-corrected chi connectivity index (χ2v) is 6.07. The summed E-state index contributed by atoms with van der Waals surface area (Å²) >= 11 is 0. The van der Waals surface area contributed by atoms with Crippen molar-refractivity contribution >= 4 is 5.91 Å². The number of nitrogens with zero attached hydrogens (tertiary/aromatic N) is 3. The van der Waals surface area contributed by atoms with E-state index < -0.39 is 11.9 Å². The van der Waals surface area contributed by atoms with Crippen LogP contribution >= 0.6 is 0 Å². The SMILES string of the molecule is Cn1nccc1C1CCCN(C(C(N)=O)c2ccc(F)cc2)C1. The fourth-order valence-electron chi connectivity index (χ4n) is 3.47. The van der Waals surface area contributed by atoms with E-state index in [-0.39, 0.29) is 5.82 Å². The van der Waals surface area contributed by atoms with Gasteiger partial charge in [0, 0.05) is 31.4 Å². The number of amides is 1. The van der Waals surface area contributed by atoms with Gasteiger partial charge in [-0.05, 0) is 43.1 Å². The van der Waals surface area contributed by atoms with Crippen LogP contribution in [0, 0.1) is 5.82 Å². The summed E-state index contributed by atoms with van der Waals surface area (Å²) in [6.45, 7) is 1.55. The summed E-state index contributed by atoms with van der Waals surface area (Å²) in [4.78, 5) is 14.1. The van der Waals surface area contributed by atoms with Gasteiger partial charge < -0.3 is 5.73 Å². The Balaban J connectivity index is 1.84. The Bertz CT molecular complexity index is 682. The van der Waals surface area contributed by atoms with Crippen molar-refractivity contribution in [2.24, 2.45) is 12.8 Å². The van der Waals surface area contributed by atoms with Gasteiger partial charge in [-0.25, -0.2) is 4.39 Å². The van der Waals surface area contributed by atoms with Crippen LogP contribution in [0.15, 0.2) is 36.5 Å². The Hall–Kier alpha value is -2.21. The smallest absolute Gasteiger partial charge is 0.239 e. The molecule has 122 valence electrons. The highest BCUT2D eigenvalue weighted by Gasteiger charge is 2.31. The van der Waals surface area contributed by atoms with Crippen molar-refractivity contribution < 1.29 is 9.18 Å². The molecule has 0 aliphatic carbocycles. The predicted molar refractivity (Wildman–Crippen MR) is 85.1 cm³/mol. The molecule has 1 fully saturated rings. The van der Waals surface area contributed by atoms with Gasteiger partial charge in [0.15, 0.2) is 0 Å². The Kier molecular flexibility index (Phi) is 4.43. The number of halogens is 1. The van der Waals surface area contributed by atoms with Gasteiger partial charge >= 0.3 is 0 Å². The molecule has 3 rings (SSSR count). The molecule has 0 radical (unpaired) electrons. The van der Waals surface area contributed by atoms with Crippen LogP contribution in [0.5, 0.6) is 0 Å². The number of rotatable bonds is 4. The van der Waals surface area contributed by atoms with Crippen LogP contribution < -0.4 is 5.73 Å². The van der Waals surface area contributed by atoms with E-state index in [1.165, 1.54) is 12.1 Å². The first kappa shape index (κ1) is 15.7. The minimum absolute atomic E-state index is 0.316. The lowest BCUT2D eigenvalue weighted by atomic mass is 9.92. The molecule has 2 atom stereocenters. The van der Waals surface area contributed by atoms with Crippen molar-refractivity contribution in [3.8, 4) is 0 Å². The van der Waals surface area contributed by atoms with E-state index in [1.807, 2.05) is 17.8 Å². The third-order valence-corrected chi connectivity index (χ3v) is 4.55. The van der Waals surface area contributed by atoms with Crippen LogP contribution in [0.4, 0.5) is 4.39 Å². The highest BCUT2D eigenvalue weighted by molar-refractivity contribution is 5.81. The van der Waals surface area contributed by atoms with Crippen molar-refractivity contribution in [3.05, 3.63) is 53.6 Å². The molecule has 23 heavy (non-hydrogen) atoms. The zero-order valence-electron chi connectivity index (χ0n) is 13.2. The van der Waals surface area contributed by atoms with Crippen molar-refractivity contribution in [3.63, 3.8) is 0 Å². The summed E-state index contributed by atoms with van der Waals surface area (Å²) in [5.41, 5.74) is 7.54. The van der Waals surface area contributed by atoms with Gasteiger partial charge in [0.2, 0.25) is 5.91 Å². The number of hydrogen-bond acceptors (Lipinski definition) is 3. The van der Waals surface area contributed by atoms with Gasteiger partial charge in [0.1, 0.15) is 11.9 Å². The molecular weight excluding hydrogens is 295 g/mol. The number of carbonyl (C=O) groups excluding carboxylic acids is 1. The van der Waals surface area contributed by atoms with E-state index >= 15 is 0 Å². The van der Waals surface area contributed by atoms with Gasteiger partial charge in [-0.1, -0.05) is 12.1 Å². The zero-order valence-corrected chi connectivity index (χ0v) is 13.2. The van der Waals surface area contributed by atoms with Gasteiger partial charge in [0.25, 0.3) is 0 Å². The van der Waals surface area contributed by atoms with E-state index in [4.69, 9.17) is 5.73 Å². The average Bonchev–Trinajstić information content (AvgIpc) is 2.96. The molecule has 5 nitrogen and oxygen atoms in total. The summed E-state index contributed by atoms with van der Waals surface area (Å²) in [6, 6.07) is 7.51. The molecule has 1 aromatic carbocycles. The maximum absolute atomic E-state index is 13.1. The Morgan fingerprint density at radius 1 is 1.35 bits per heavy atom. The van der Waals surface area contributed by atoms with Crippen molar-refractivity contribution in [2.75, 3.05) is 13.1 Å². The van der Waals surface area contributed by atoms with Crippen LogP contribution in [0.2, 0.25) is 0 Å². The van der Waals surface area contributed by atoms with Gasteiger partial charge in [-0.3, -0.25) is 14.4 Å². The number of aromatic nitrogens is 2. The number of likely N-dealkylation sites (tertiary alicyclic amines) is 1. The number of nitrogens with two attached hydrogens (primary N) is 1. The minimum atomic E-state index is -0.522. The molecule has 2 unspecified atom stereocenters. The fraction of sp³-hybridized carbons (Fsp3) is 0.412. The van der Waals surface area contributed by atoms with Gasteiger partial charge in [-0.15, -0.1) is 0 Å². The van der Waals surface area contributed by atoms with Crippen molar-refractivity contribution in [2.45, 2.75) is 24.8 Å². The van der Waals surface area contributed by atoms with Gasteiger partial charge in [0.05, 0.1) is 0 Å². The molecule has 0 bridgehead atoms. The third kappa shape index (κ3) is 3.27. The molecule has 1 aliphatic rings. The number of primary amides is 1. The van der Waals surface area contributed by atoms with Crippen LogP contribution in [0.25, 0.3) is 0 Å². The fourth-order valence-corrected chi connectivity index (χ4v) is 3.47. The maximum Gasteiger partial charge on any atom is 0.239 e. The lowest BCUT2D eigenvalue weighted by Crippen LogP contribution is -2.43. The minimum Gasteiger partial charge on any atom is -0.368 e. The number of aryl methyl sites for hydroxylation is 1. The first-order valence-electron chi connectivity index (χ1n) is 7.83. The van der Waals surface area contributed by atoms with Crippen LogP contribution in [0.3, 0.4) is 0 Å². The summed E-state index contributed by atoms with van der Waals surface area (Å²) in [6.07, 6.45) is 3.84. The summed E-state index contributed by atoms with van der Waals surface area (Å²) in [5.74, 6) is -0.399. The predicted octanol–water partition coefficient (Wildman–Crippen LogP) is 1.97. The second-order valence-electron chi connectivity index (χ2n) is 6.07. The maximum atomic E-state index is 13.1. The molecule has 0 spiro atoms. The van der Waals surface area contributed by atoms with Crippen LogP contribution in [0.1, 0.15) is 36.1 Å². The number of hydrogen-bond donors (Lipinski definition) is 1. The lowest BCUT2D eigenvalue weighted by molar-refractivity contribution is -0.124. The highest BCUT2D eigenvalue weighted by Crippen LogP contribution is 2.31. The van der Waals surface area contributed by atoms with Crippen LogP contribution in [-0.2, 0) is 11.8 Å². The molecule has 2 N–H and O–H groups in total. The van der Waals surface area contributed by atoms with Crippen molar-refractivity contribution in [1.82, 2.24) is 14.7 Å².